The van der Waals surface area contributed by atoms with E-state index in [0.29, 0.717) is 40.3 Å². The van der Waals surface area contributed by atoms with Crippen LogP contribution >= 0.6 is 0 Å². The summed E-state index contributed by atoms with van der Waals surface area (Å²) in [6.45, 7) is 4.70. The maximum atomic E-state index is 15.0. The summed E-state index contributed by atoms with van der Waals surface area (Å²) >= 11 is 0. The SMILES string of the molecule is COc1cc2c(Oc3ccc(NC(=O)N/N=C/c4ccc(C(F)(F)F)cc4)cc3F)ccnc2cc1OCCCN1CCOCC1. The quantitative estimate of drug-likeness (QED) is 0.0839. The van der Waals surface area contributed by atoms with Crippen molar-refractivity contribution in [1.29, 1.82) is 0 Å². The minimum atomic E-state index is -4.45. The molecule has 5 rings (SSSR count). The number of carbonyl (C=O) groups excluding carboxylic acids is 1. The van der Waals surface area contributed by atoms with Crippen molar-refractivity contribution in [2.75, 3.05) is 51.9 Å². The van der Waals surface area contributed by atoms with Crippen LogP contribution in [0.2, 0.25) is 0 Å². The molecule has 0 atom stereocenters. The Morgan fingerprint density at radius 1 is 1.02 bits per heavy atom. The Kier molecular flexibility index (Phi) is 10.5. The average molecular weight is 642 g/mol. The number of ether oxygens (including phenoxy) is 4. The molecule has 14 heteroatoms. The summed E-state index contributed by atoms with van der Waals surface area (Å²) in [5, 5.41) is 6.70. The Morgan fingerprint density at radius 3 is 2.52 bits per heavy atom. The molecule has 2 amide bonds. The first-order valence-corrected chi connectivity index (χ1v) is 14.3. The molecule has 46 heavy (non-hydrogen) atoms. The predicted octanol–water partition coefficient (Wildman–Crippen LogP) is 6.45. The average Bonchev–Trinajstić information content (AvgIpc) is 3.04. The van der Waals surface area contributed by atoms with Gasteiger partial charge in [-0.1, -0.05) is 12.1 Å². The summed E-state index contributed by atoms with van der Waals surface area (Å²) in [6, 6.07) is 12.4. The minimum Gasteiger partial charge on any atom is -0.493 e. The second-order valence-electron chi connectivity index (χ2n) is 10.2. The highest BCUT2D eigenvalue weighted by atomic mass is 19.4. The highest BCUT2D eigenvalue weighted by molar-refractivity contribution is 5.91. The number of anilines is 1. The number of amides is 2. The Bertz CT molecular complexity index is 1680. The molecule has 1 aromatic heterocycles. The zero-order valence-electron chi connectivity index (χ0n) is 24.8. The molecule has 1 fully saturated rings. The molecule has 10 nitrogen and oxygen atoms in total. The van der Waals surface area contributed by atoms with E-state index >= 15 is 4.39 Å². The van der Waals surface area contributed by atoms with Crippen molar-refractivity contribution in [3.05, 3.63) is 83.8 Å². The van der Waals surface area contributed by atoms with Gasteiger partial charge in [-0.2, -0.15) is 18.3 Å². The molecule has 4 aromatic rings. The number of nitrogens with zero attached hydrogens (tertiary/aromatic N) is 3. The Morgan fingerprint density at radius 2 is 1.80 bits per heavy atom. The molecule has 1 aliphatic heterocycles. The van der Waals surface area contributed by atoms with Gasteiger partial charge in [0.1, 0.15) is 5.75 Å². The summed E-state index contributed by atoms with van der Waals surface area (Å²) in [6.07, 6.45) is -0.908. The van der Waals surface area contributed by atoms with Gasteiger partial charge in [-0.15, -0.1) is 0 Å². The van der Waals surface area contributed by atoms with Crippen molar-refractivity contribution in [3.63, 3.8) is 0 Å². The summed E-state index contributed by atoms with van der Waals surface area (Å²) in [4.78, 5) is 18.9. The standard InChI is InChI=1S/C32H31F4N5O5/c1-43-29-18-24-26(19-30(29)45-14-2-11-41-12-15-44-16-13-41)37-10-9-27(24)46-28-8-7-23(17-25(28)33)39-31(42)40-38-20-21-3-5-22(6-4-21)32(34,35)36/h3-10,17-20H,2,11-16H2,1H3,(H2,39,40,42)/b38-20+. The summed E-state index contributed by atoms with van der Waals surface area (Å²) < 4.78 is 75.9. The first-order valence-electron chi connectivity index (χ1n) is 14.3. The number of benzene rings is 3. The molecule has 0 spiro atoms. The minimum absolute atomic E-state index is 0.0961. The third-order valence-electron chi connectivity index (χ3n) is 6.99. The van der Waals surface area contributed by atoms with E-state index in [4.69, 9.17) is 18.9 Å². The van der Waals surface area contributed by atoms with E-state index < -0.39 is 23.6 Å². The number of nitrogens with one attached hydrogen (secondary N) is 2. The van der Waals surface area contributed by atoms with Gasteiger partial charge in [-0.25, -0.2) is 14.6 Å². The molecule has 0 unspecified atom stereocenters. The fourth-order valence-electron chi connectivity index (χ4n) is 4.65. The lowest BCUT2D eigenvalue weighted by Crippen LogP contribution is -2.37. The highest BCUT2D eigenvalue weighted by Gasteiger charge is 2.29. The zero-order valence-corrected chi connectivity index (χ0v) is 24.8. The van der Waals surface area contributed by atoms with Gasteiger partial charge in [-0.05, 0) is 48.4 Å². The van der Waals surface area contributed by atoms with Crippen LogP contribution in [0.1, 0.15) is 17.5 Å². The van der Waals surface area contributed by atoms with E-state index in [0.717, 1.165) is 57.5 Å². The van der Waals surface area contributed by atoms with Crippen LogP contribution in [-0.2, 0) is 10.9 Å². The summed E-state index contributed by atoms with van der Waals surface area (Å²) in [5.74, 6) is 0.496. The lowest BCUT2D eigenvalue weighted by Gasteiger charge is -2.26. The number of morpholine rings is 1. The first kappa shape index (κ1) is 32.4. The Balaban J connectivity index is 1.18. The van der Waals surface area contributed by atoms with Gasteiger partial charge in [0.15, 0.2) is 23.1 Å². The van der Waals surface area contributed by atoms with Gasteiger partial charge in [0, 0.05) is 49.0 Å². The first-order chi connectivity index (χ1) is 22.2. The molecule has 2 N–H and O–H groups in total. The molecule has 0 bridgehead atoms. The van der Waals surface area contributed by atoms with Crippen molar-refractivity contribution in [2.24, 2.45) is 5.10 Å². The fourth-order valence-corrected chi connectivity index (χ4v) is 4.65. The number of methoxy groups -OCH3 is 1. The molecule has 0 saturated carbocycles. The maximum absolute atomic E-state index is 15.0. The van der Waals surface area contributed by atoms with E-state index in [1.54, 1.807) is 18.2 Å². The van der Waals surface area contributed by atoms with Gasteiger partial charge in [0.05, 0.1) is 44.2 Å². The van der Waals surface area contributed by atoms with Crippen LogP contribution in [0.3, 0.4) is 0 Å². The molecular formula is C32H31F4N5O5. The van der Waals surface area contributed by atoms with E-state index in [9.17, 15) is 18.0 Å². The fraction of sp³-hybridized carbons (Fsp3) is 0.281. The number of hydrogen-bond donors (Lipinski definition) is 2. The number of pyridine rings is 1. The van der Waals surface area contributed by atoms with Crippen LogP contribution in [0.15, 0.2) is 72.0 Å². The second-order valence-corrected chi connectivity index (χ2v) is 10.2. The van der Waals surface area contributed by atoms with Crippen molar-refractivity contribution < 1.29 is 41.3 Å². The number of hydrazone groups is 1. The number of urea groups is 1. The second kappa shape index (κ2) is 14.9. The van der Waals surface area contributed by atoms with Crippen LogP contribution in [0.25, 0.3) is 10.9 Å². The highest BCUT2D eigenvalue weighted by Crippen LogP contribution is 2.38. The summed E-state index contributed by atoms with van der Waals surface area (Å²) in [7, 11) is 1.53. The molecule has 242 valence electrons. The topological polar surface area (TPSA) is 107 Å². The van der Waals surface area contributed by atoms with Gasteiger partial charge < -0.3 is 24.3 Å². The van der Waals surface area contributed by atoms with Crippen LogP contribution in [0, 0.1) is 5.82 Å². The van der Waals surface area contributed by atoms with E-state index in [1.807, 2.05) is 0 Å². The van der Waals surface area contributed by atoms with Gasteiger partial charge in [0.2, 0.25) is 0 Å². The third-order valence-corrected chi connectivity index (χ3v) is 6.99. The number of aromatic nitrogens is 1. The van der Waals surface area contributed by atoms with Crippen molar-refractivity contribution in [2.45, 2.75) is 12.6 Å². The lowest BCUT2D eigenvalue weighted by molar-refractivity contribution is -0.137. The number of rotatable bonds is 11. The molecule has 3 aromatic carbocycles. The number of halogens is 4. The van der Waals surface area contributed by atoms with Gasteiger partial charge in [0.25, 0.3) is 0 Å². The number of carbonyl (C=O) groups is 1. The molecular weight excluding hydrogens is 610 g/mol. The largest absolute Gasteiger partial charge is 0.493 e. The monoisotopic (exact) mass is 641 g/mol. The van der Waals surface area contributed by atoms with E-state index in [2.05, 4.69) is 25.7 Å². The van der Waals surface area contributed by atoms with E-state index in [1.165, 1.54) is 43.8 Å². The van der Waals surface area contributed by atoms with E-state index in [-0.39, 0.29) is 11.4 Å². The normalized spacial score (nSPS) is 13.9. The lowest BCUT2D eigenvalue weighted by atomic mass is 10.1. The molecule has 1 saturated heterocycles. The van der Waals surface area contributed by atoms with Crippen LogP contribution in [-0.4, -0.2) is 68.7 Å². The van der Waals surface area contributed by atoms with Crippen LogP contribution in [0.4, 0.5) is 28.0 Å². The summed E-state index contributed by atoms with van der Waals surface area (Å²) in [5.41, 5.74) is 2.39. The van der Waals surface area contributed by atoms with Gasteiger partial charge >= 0.3 is 12.2 Å². The van der Waals surface area contributed by atoms with Gasteiger partial charge in [-0.3, -0.25) is 9.88 Å². The smallest absolute Gasteiger partial charge is 0.416 e. The maximum Gasteiger partial charge on any atom is 0.416 e. The van der Waals surface area contributed by atoms with Crippen LogP contribution < -0.4 is 25.0 Å². The van der Waals surface area contributed by atoms with Crippen LogP contribution in [0.5, 0.6) is 23.0 Å². The molecule has 0 aliphatic carbocycles. The molecule has 2 heterocycles. The Hall–Kier alpha value is -4.95. The third kappa shape index (κ3) is 8.61. The number of hydrogen-bond acceptors (Lipinski definition) is 8. The van der Waals surface area contributed by atoms with Crippen molar-refractivity contribution in [3.8, 4) is 23.0 Å². The van der Waals surface area contributed by atoms with Crippen molar-refractivity contribution in [1.82, 2.24) is 15.3 Å². The Labute approximate surface area is 261 Å². The number of fused-ring (bicyclic) bond motifs is 1. The molecule has 0 radical (unpaired) electrons. The van der Waals surface area contributed by atoms with Crippen molar-refractivity contribution >= 4 is 28.8 Å². The number of alkyl halides is 3. The predicted molar refractivity (Wildman–Crippen MR) is 163 cm³/mol. The molecule has 1 aliphatic rings. The zero-order chi connectivity index (χ0) is 32.5.